The Morgan fingerprint density at radius 3 is 0.852 bits per heavy atom. The summed E-state index contributed by atoms with van der Waals surface area (Å²) in [5.74, 6) is 0. The highest BCUT2D eigenvalue weighted by atomic mass is 14.0. The van der Waals surface area contributed by atoms with Crippen molar-refractivity contribution in [2.45, 2.75) is 19.3 Å². The number of rotatable bonds is 5. The summed E-state index contributed by atoms with van der Waals surface area (Å²) in [7, 11) is 0. The molecule has 0 saturated heterocycles. The van der Waals surface area contributed by atoms with E-state index >= 15 is 0 Å². The average molecular weight is 351 g/mol. The van der Waals surface area contributed by atoms with E-state index in [0.29, 0.717) is 0 Å². The summed E-state index contributed by atoms with van der Waals surface area (Å²) in [6.45, 7) is 0. The molecule has 0 atom stereocenters. The van der Waals surface area contributed by atoms with Crippen LogP contribution in [0.15, 0.2) is 121 Å². The van der Waals surface area contributed by atoms with Gasteiger partial charge in [-0.25, -0.2) is 0 Å². The molecule has 0 N–H and O–H groups in total. The maximum absolute atomic E-state index is 2.18. The van der Waals surface area contributed by atoms with Crippen molar-refractivity contribution in [1.82, 2.24) is 0 Å². The fourth-order valence-corrected chi connectivity index (χ4v) is 3.01. The minimum absolute atomic E-state index is 1.03. The lowest BCUT2D eigenvalue weighted by Gasteiger charge is -2.01. The average Bonchev–Trinajstić information content (AvgIpc) is 2.76. The van der Waals surface area contributed by atoms with Gasteiger partial charge in [0.05, 0.1) is 0 Å². The molecule has 0 radical (unpaired) electrons. The highest BCUT2D eigenvalue weighted by Gasteiger charge is 1.94. The molecular formula is C27H26. The molecular weight excluding hydrogens is 324 g/mol. The predicted octanol–water partition coefficient (Wildman–Crippen LogP) is 6.75. The molecule has 0 bridgehead atoms. The Morgan fingerprint density at radius 1 is 0.296 bits per heavy atom. The molecule has 4 aromatic carbocycles. The molecule has 0 heterocycles. The highest BCUT2D eigenvalue weighted by molar-refractivity contribution is 5.25. The van der Waals surface area contributed by atoms with Crippen LogP contribution in [0.25, 0.3) is 0 Å². The van der Waals surface area contributed by atoms with Gasteiger partial charge >= 0.3 is 0 Å². The van der Waals surface area contributed by atoms with Crippen molar-refractivity contribution in [1.29, 1.82) is 0 Å². The van der Waals surface area contributed by atoms with Crippen LogP contribution in [-0.4, -0.2) is 0 Å². The molecule has 0 heteroatoms. The van der Waals surface area contributed by atoms with Gasteiger partial charge in [0, 0.05) is 0 Å². The molecule has 0 amide bonds. The monoisotopic (exact) mass is 350 g/mol. The zero-order valence-corrected chi connectivity index (χ0v) is 15.7. The Bertz CT molecular complexity index is 789. The van der Waals surface area contributed by atoms with Crippen LogP contribution in [-0.2, 0) is 19.3 Å². The van der Waals surface area contributed by atoms with E-state index in [1.165, 1.54) is 22.3 Å². The fraction of sp³-hybridized carbons (Fsp3) is 0.111. The van der Waals surface area contributed by atoms with E-state index in [0.717, 1.165) is 19.3 Å². The minimum Gasteiger partial charge on any atom is -0.0622 e. The van der Waals surface area contributed by atoms with Crippen LogP contribution < -0.4 is 0 Å². The smallest absolute Gasteiger partial charge is 0.00258 e. The van der Waals surface area contributed by atoms with Gasteiger partial charge in [-0.3, -0.25) is 0 Å². The third-order valence-electron chi connectivity index (χ3n) is 4.48. The second-order valence-corrected chi connectivity index (χ2v) is 6.62. The zero-order chi connectivity index (χ0) is 18.6. The molecule has 4 rings (SSSR count). The second-order valence-electron chi connectivity index (χ2n) is 6.62. The van der Waals surface area contributed by atoms with E-state index in [4.69, 9.17) is 0 Å². The molecule has 0 unspecified atom stereocenters. The first-order chi connectivity index (χ1) is 13.4. The third kappa shape index (κ3) is 6.95. The molecule has 0 aromatic heterocycles. The van der Waals surface area contributed by atoms with E-state index in [1.54, 1.807) is 0 Å². The molecule has 0 saturated carbocycles. The number of hydrogen-bond donors (Lipinski definition) is 0. The van der Waals surface area contributed by atoms with Crippen LogP contribution in [0.4, 0.5) is 0 Å². The third-order valence-corrected chi connectivity index (χ3v) is 4.48. The molecule has 0 aliphatic heterocycles. The van der Waals surface area contributed by atoms with E-state index in [2.05, 4.69) is 121 Å². The van der Waals surface area contributed by atoms with Gasteiger partial charge in [0.1, 0.15) is 0 Å². The van der Waals surface area contributed by atoms with Crippen molar-refractivity contribution >= 4 is 0 Å². The van der Waals surface area contributed by atoms with Gasteiger partial charge in [0.15, 0.2) is 0 Å². The molecule has 0 aliphatic carbocycles. The van der Waals surface area contributed by atoms with E-state index in [1.807, 2.05) is 0 Å². The minimum atomic E-state index is 1.03. The van der Waals surface area contributed by atoms with E-state index < -0.39 is 0 Å². The largest absolute Gasteiger partial charge is 0.0622 e. The Hall–Kier alpha value is -3.12. The SMILES string of the molecule is c1ccc(CCc2ccccc2)cc1.c1ccc(Cc2ccccc2)cc1. The Kier molecular flexibility index (Phi) is 7.45. The maximum atomic E-state index is 2.18. The number of benzene rings is 4. The van der Waals surface area contributed by atoms with Crippen molar-refractivity contribution in [2.75, 3.05) is 0 Å². The highest BCUT2D eigenvalue weighted by Crippen LogP contribution is 2.08. The van der Waals surface area contributed by atoms with Crippen molar-refractivity contribution in [3.63, 3.8) is 0 Å². The topological polar surface area (TPSA) is 0 Å². The number of hydrogen-bond acceptors (Lipinski definition) is 0. The van der Waals surface area contributed by atoms with Gasteiger partial charge in [0.2, 0.25) is 0 Å². The molecule has 0 nitrogen and oxygen atoms in total. The summed E-state index contributed by atoms with van der Waals surface area (Å²) in [5, 5.41) is 0. The van der Waals surface area contributed by atoms with E-state index in [9.17, 15) is 0 Å². The normalized spacial score (nSPS) is 9.93. The quantitative estimate of drug-likeness (QED) is 0.373. The summed E-state index contributed by atoms with van der Waals surface area (Å²) in [6, 6.07) is 42.3. The summed E-state index contributed by atoms with van der Waals surface area (Å²) in [6.07, 6.45) is 3.29. The predicted molar refractivity (Wildman–Crippen MR) is 116 cm³/mol. The van der Waals surface area contributed by atoms with Gasteiger partial charge in [0.25, 0.3) is 0 Å². The lowest BCUT2D eigenvalue weighted by molar-refractivity contribution is 0.960. The lowest BCUT2D eigenvalue weighted by atomic mass is 10.0. The van der Waals surface area contributed by atoms with Crippen molar-refractivity contribution < 1.29 is 0 Å². The van der Waals surface area contributed by atoms with Gasteiger partial charge in [-0.15, -0.1) is 0 Å². The van der Waals surface area contributed by atoms with Gasteiger partial charge < -0.3 is 0 Å². The van der Waals surface area contributed by atoms with Crippen LogP contribution in [0.5, 0.6) is 0 Å². The molecule has 4 aromatic rings. The van der Waals surface area contributed by atoms with Crippen molar-refractivity contribution in [2.24, 2.45) is 0 Å². The summed E-state index contributed by atoms with van der Waals surface area (Å²) in [5.41, 5.74) is 5.56. The van der Waals surface area contributed by atoms with Crippen LogP contribution in [0, 0.1) is 0 Å². The van der Waals surface area contributed by atoms with Crippen molar-refractivity contribution in [3.05, 3.63) is 144 Å². The first-order valence-corrected chi connectivity index (χ1v) is 9.56. The van der Waals surface area contributed by atoms with Crippen LogP contribution in [0.2, 0.25) is 0 Å². The summed E-state index contributed by atoms with van der Waals surface area (Å²) < 4.78 is 0. The van der Waals surface area contributed by atoms with Gasteiger partial charge in [-0.1, -0.05) is 121 Å². The first-order valence-electron chi connectivity index (χ1n) is 9.56. The standard InChI is InChI=1S/C14H14.C13H12/c1-3-7-13(8-4-1)11-12-14-9-5-2-6-10-14;1-3-7-12(8-4-1)11-13-9-5-2-6-10-13/h1-10H,11-12H2;1-10H,11H2. The Morgan fingerprint density at radius 2 is 0.556 bits per heavy atom. The lowest BCUT2D eigenvalue weighted by Crippen LogP contribution is -1.89. The second kappa shape index (κ2) is 10.8. The molecule has 0 aliphatic rings. The van der Waals surface area contributed by atoms with Crippen molar-refractivity contribution in [3.8, 4) is 0 Å². The molecule has 0 fully saturated rings. The van der Waals surface area contributed by atoms with Gasteiger partial charge in [-0.05, 0) is 41.5 Å². The van der Waals surface area contributed by atoms with Crippen LogP contribution in [0.1, 0.15) is 22.3 Å². The molecule has 0 spiro atoms. The van der Waals surface area contributed by atoms with Crippen LogP contribution in [0.3, 0.4) is 0 Å². The fourth-order valence-electron chi connectivity index (χ4n) is 3.01. The first kappa shape index (κ1) is 18.7. The Balaban J connectivity index is 0.000000156. The summed E-state index contributed by atoms with van der Waals surface area (Å²) >= 11 is 0. The molecule has 134 valence electrons. The van der Waals surface area contributed by atoms with Crippen LogP contribution >= 0.6 is 0 Å². The Labute approximate surface area is 163 Å². The maximum Gasteiger partial charge on any atom is -0.00258 e. The molecule has 27 heavy (non-hydrogen) atoms. The zero-order valence-electron chi connectivity index (χ0n) is 15.7. The van der Waals surface area contributed by atoms with Gasteiger partial charge in [-0.2, -0.15) is 0 Å². The van der Waals surface area contributed by atoms with E-state index in [-0.39, 0.29) is 0 Å². The number of aryl methyl sites for hydroxylation is 2. The summed E-state index contributed by atoms with van der Waals surface area (Å²) in [4.78, 5) is 0.